The molecule has 7 nitrogen and oxygen atoms in total. The van der Waals surface area contributed by atoms with Crippen molar-refractivity contribution in [2.75, 3.05) is 39.8 Å². The number of hydrogen-bond acceptors (Lipinski definition) is 4. The van der Waals surface area contributed by atoms with Crippen molar-refractivity contribution >= 4 is 12.0 Å². The van der Waals surface area contributed by atoms with Crippen LogP contribution < -0.4 is 5.32 Å². The fourth-order valence-corrected chi connectivity index (χ4v) is 2.78. The number of nitrogens with one attached hydrogen (secondary N) is 1. The van der Waals surface area contributed by atoms with Gasteiger partial charge in [-0.15, -0.1) is 0 Å². The Morgan fingerprint density at radius 3 is 2.75 bits per heavy atom. The molecule has 2 rings (SSSR count). The summed E-state index contributed by atoms with van der Waals surface area (Å²) in [6.45, 7) is 3.18. The maximum Gasteiger partial charge on any atom is 0.320 e. The zero-order chi connectivity index (χ0) is 14.5. The highest BCUT2D eigenvalue weighted by atomic mass is 16.5. The van der Waals surface area contributed by atoms with E-state index in [-0.39, 0.29) is 18.5 Å². The summed E-state index contributed by atoms with van der Waals surface area (Å²) in [5, 5.41) is 12.1. The number of carboxylic acids is 1. The van der Waals surface area contributed by atoms with Gasteiger partial charge >= 0.3 is 12.0 Å². The molecule has 7 heteroatoms. The summed E-state index contributed by atoms with van der Waals surface area (Å²) < 4.78 is 5.39. The molecule has 2 aliphatic heterocycles. The van der Waals surface area contributed by atoms with Gasteiger partial charge < -0.3 is 25.0 Å². The number of piperidine rings is 1. The monoisotopic (exact) mass is 285 g/mol. The topological polar surface area (TPSA) is 82.1 Å². The number of carboxylic acid groups (broad SMARTS) is 1. The molecular weight excluding hydrogens is 262 g/mol. The number of amides is 2. The van der Waals surface area contributed by atoms with Crippen LogP contribution in [-0.4, -0.2) is 78.9 Å². The van der Waals surface area contributed by atoms with Crippen LogP contribution in [0.4, 0.5) is 4.79 Å². The van der Waals surface area contributed by atoms with Crippen molar-refractivity contribution in [1.82, 2.24) is 15.1 Å². The van der Waals surface area contributed by atoms with Crippen LogP contribution >= 0.6 is 0 Å². The van der Waals surface area contributed by atoms with E-state index in [1.165, 1.54) is 0 Å². The van der Waals surface area contributed by atoms with E-state index in [4.69, 9.17) is 9.84 Å². The lowest BCUT2D eigenvalue weighted by atomic mass is 10.1. The van der Waals surface area contributed by atoms with Gasteiger partial charge in [0.15, 0.2) is 0 Å². The van der Waals surface area contributed by atoms with Crippen molar-refractivity contribution in [3.05, 3.63) is 0 Å². The summed E-state index contributed by atoms with van der Waals surface area (Å²) in [4.78, 5) is 26.7. The molecule has 2 heterocycles. The maximum absolute atomic E-state index is 12.5. The predicted octanol–water partition coefficient (Wildman–Crippen LogP) is -0.0343. The van der Waals surface area contributed by atoms with Crippen LogP contribution in [0.3, 0.4) is 0 Å². The number of rotatable bonds is 3. The van der Waals surface area contributed by atoms with Crippen molar-refractivity contribution < 1.29 is 19.4 Å². The lowest BCUT2D eigenvalue weighted by Crippen LogP contribution is -2.54. The number of carbonyl (C=O) groups is 2. The second kappa shape index (κ2) is 6.90. The SMILES string of the molecule is CN(C(=O)N1CCOC(CC(=O)O)C1)C1CCNCC1. The van der Waals surface area contributed by atoms with Gasteiger partial charge in [-0.3, -0.25) is 4.79 Å². The average molecular weight is 285 g/mol. The largest absolute Gasteiger partial charge is 0.481 e. The van der Waals surface area contributed by atoms with Crippen molar-refractivity contribution in [3.8, 4) is 0 Å². The van der Waals surface area contributed by atoms with Crippen LogP contribution in [0.2, 0.25) is 0 Å². The van der Waals surface area contributed by atoms with Gasteiger partial charge in [-0.2, -0.15) is 0 Å². The van der Waals surface area contributed by atoms with Gasteiger partial charge in [-0.05, 0) is 25.9 Å². The van der Waals surface area contributed by atoms with Gasteiger partial charge in [-0.1, -0.05) is 0 Å². The van der Waals surface area contributed by atoms with E-state index < -0.39 is 12.1 Å². The van der Waals surface area contributed by atoms with E-state index in [2.05, 4.69) is 5.32 Å². The minimum atomic E-state index is -0.893. The van der Waals surface area contributed by atoms with Gasteiger partial charge in [0.1, 0.15) is 0 Å². The highest BCUT2D eigenvalue weighted by Gasteiger charge is 2.30. The molecule has 0 saturated carbocycles. The highest BCUT2D eigenvalue weighted by molar-refractivity contribution is 5.75. The molecule has 0 spiro atoms. The Morgan fingerprint density at radius 1 is 1.40 bits per heavy atom. The van der Waals surface area contributed by atoms with E-state index >= 15 is 0 Å². The third-order valence-corrected chi connectivity index (χ3v) is 3.97. The Balaban J connectivity index is 1.88. The summed E-state index contributed by atoms with van der Waals surface area (Å²) in [7, 11) is 1.83. The molecule has 0 aromatic rings. The minimum Gasteiger partial charge on any atom is -0.481 e. The van der Waals surface area contributed by atoms with Crippen LogP contribution in [0.15, 0.2) is 0 Å². The minimum absolute atomic E-state index is 0.0180. The molecule has 2 saturated heterocycles. The molecule has 0 aromatic carbocycles. The van der Waals surface area contributed by atoms with Gasteiger partial charge in [0.2, 0.25) is 0 Å². The molecule has 2 N–H and O–H groups in total. The third-order valence-electron chi connectivity index (χ3n) is 3.97. The van der Waals surface area contributed by atoms with E-state index in [9.17, 15) is 9.59 Å². The van der Waals surface area contributed by atoms with Crippen LogP contribution in [0.25, 0.3) is 0 Å². The zero-order valence-electron chi connectivity index (χ0n) is 11.9. The molecule has 20 heavy (non-hydrogen) atoms. The Labute approximate surface area is 118 Å². The van der Waals surface area contributed by atoms with Gasteiger partial charge in [0.25, 0.3) is 0 Å². The molecule has 2 fully saturated rings. The number of urea groups is 1. The lowest BCUT2D eigenvalue weighted by Gasteiger charge is -2.38. The Morgan fingerprint density at radius 2 is 2.10 bits per heavy atom. The normalized spacial score (nSPS) is 24.4. The number of morpholine rings is 1. The molecule has 1 atom stereocenters. The molecule has 2 amide bonds. The van der Waals surface area contributed by atoms with E-state index in [1.54, 1.807) is 9.80 Å². The van der Waals surface area contributed by atoms with Crippen molar-refractivity contribution in [3.63, 3.8) is 0 Å². The molecule has 2 aliphatic rings. The molecule has 0 aromatic heterocycles. The third kappa shape index (κ3) is 3.83. The van der Waals surface area contributed by atoms with Crippen LogP contribution in [-0.2, 0) is 9.53 Å². The zero-order valence-corrected chi connectivity index (χ0v) is 11.9. The van der Waals surface area contributed by atoms with E-state index in [0.717, 1.165) is 25.9 Å². The first-order valence-corrected chi connectivity index (χ1v) is 7.13. The summed E-state index contributed by atoms with van der Waals surface area (Å²) >= 11 is 0. The van der Waals surface area contributed by atoms with Crippen LogP contribution in [0.1, 0.15) is 19.3 Å². The molecule has 114 valence electrons. The van der Waals surface area contributed by atoms with Crippen molar-refractivity contribution in [2.24, 2.45) is 0 Å². The summed E-state index contributed by atoms with van der Waals surface area (Å²) in [6, 6.07) is 0.250. The Bertz CT molecular complexity index is 358. The summed E-state index contributed by atoms with van der Waals surface area (Å²) in [5.74, 6) is -0.893. The van der Waals surface area contributed by atoms with Crippen LogP contribution in [0.5, 0.6) is 0 Å². The van der Waals surface area contributed by atoms with E-state index in [0.29, 0.717) is 19.7 Å². The maximum atomic E-state index is 12.5. The summed E-state index contributed by atoms with van der Waals surface area (Å²) in [5.41, 5.74) is 0. The fourth-order valence-electron chi connectivity index (χ4n) is 2.78. The molecule has 0 radical (unpaired) electrons. The first kappa shape index (κ1) is 15.1. The quantitative estimate of drug-likeness (QED) is 0.761. The Kier molecular flexibility index (Phi) is 5.19. The summed E-state index contributed by atoms with van der Waals surface area (Å²) in [6.07, 6.45) is 1.48. The number of aliphatic carboxylic acids is 1. The highest BCUT2D eigenvalue weighted by Crippen LogP contribution is 2.15. The molecule has 0 aliphatic carbocycles. The smallest absolute Gasteiger partial charge is 0.320 e. The fraction of sp³-hybridized carbons (Fsp3) is 0.846. The van der Waals surface area contributed by atoms with Crippen molar-refractivity contribution in [1.29, 1.82) is 0 Å². The molecule has 0 bridgehead atoms. The number of carbonyl (C=O) groups excluding carboxylic acids is 1. The predicted molar refractivity (Wildman–Crippen MR) is 72.6 cm³/mol. The van der Waals surface area contributed by atoms with Crippen molar-refractivity contribution in [2.45, 2.75) is 31.4 Å². The van der Waals surface area contributed by atoms with Gasteiger partial charge in [-0.25, -0.2) is 4.79 Å². The lowest BCUT2D eigenvalue weighted by molar-refractivity contribution is -0.141. The standard InChI is InChI=1S/C13H23N3O4/c1-15(10-2-4-14-5-3-10)13(19)16-6-7-20-11(9-16)8-12(17)18/h10-11,14H,2-9H2,1H3,(H,17,18). The average Bonchev–Trinajstić information content (AvgIpc) is 2.46. The first-order chi connectivity index (χ1) is 9.58. The molecular formula is C13H23N3O4. The van der Waals surface area contributed by atoms with Gasteiger partial charge in [0, 0.05) is 26.2 Å². The second-order valence-corrected chi connectivity index (χ2v) is 5.41. The first-order valence-electron chi connectivity index (χ1n) is 7.13. The second-order valence-electron chi connectivity index (χ2n) is 5.41. The van der Waals surface area contributed by atoms with E-state index in [1.807, 2.05) is 7.05 Å². The number of nitrogens with zero attached hydrogens (tertiary/aromatic N) is 2. The number of ether oxygens (including phenoxy) is 1. The van der Waals surface area contributed by atoms with Crippen LogP contribution in [0, 0.1) is 0 Å². The Hall–Kier alpha value is -1.34. The van der Waals surface area contributed by atoms with Gasteiger partial charge in [0.05, 0.1) is 19.1 Å². The molecule has 1 unspecified atom stereocenters. The number of hydrogen-bond donors (Lipinski definition) is 2.